The van der Waals surface area contributed by atoms with Crippen LogP contribution in [0, 0.1) is 0 Å². The lowest BCUT2D eigenvalue weighted by Gasteiger charge is -2.11. The Balaban J connectivity index is 2.00. The molecule has 0 bridgehead atoms. The third kappa shape index (κ3) is 2.20. The number of aromatic nitrogens is 2. The molecule has 2 heterocycles. The molecule has 4 nitrogen and oxygen atoms in total. The Kier molecular flexibility index (Phi) is 2.93. The van der Waals surface area contributed by atoms with Crippen LogP contribution >= 0.6 is 0 Å². The fourth-order valence-corrected chi connectivity index (χ4v) is 1.66. The predicted molar refractivity (Wildman–Crippen MR) is 56.3 cm³/mol. The summed E-state index contributed by atoms with van der Waals surface area (Å²) in [5, 5.41) is 6.72. The summed E-state index contributed by atoms with van der Waals surface area (Å²) < 4.78 is 0. The lowest BCUT2D eigenvalue weighted by molar-refractivity contribution is 0.785. The van der Waals surface area contributed by atoms with Crippen LogP contribution in [-0.4, -0.2) is 29.1 Å². The van der Waals surface area contributed by atoms with Crippen molar-refractivity contribution in [2.24, 2.45) is 0 Å². The molecule has 1 saturated heterocycles. The fraction of sp³-hybridized carbons (Fsp3) is 0.600. The number of hydrogen-bond acceptors (Lipinski definition) is 4. The van der Waals surface area contributed by atoms with Gasteiger partial charge in [0.05, 0.1) is 0 Å². The molecule has 0 aromatic carbocycles. The van der Waals surface area contributed by atoms with Gasteiger partial charge < -0.3 is 10.6 Å². The van der Waals surface area contributed by atoms with E-state index < -0.39 is 0 Å². The molecule has 1 unspecified atom stereocenters. The second kappa shape index (κ2) is 4.37. The molecule has 76 valence electrons. The molecule has 1 aromatic heterocycles. The van der Waals surface area contributed by atoms with E-state index in [1.807, 2.05) is 6.07 Å². The Bertz CT molecular complexity index is 294. The molecule has 1 aliphatic rings. The molecule has 14 heavy (non-hydrogen) atoms. The third-order valence-electron chi connectivity index (χ3n) is 2.50. The van der Waals surface area contributed by atoms with Gasteiger partial charge in [-0.1, -0.05) is 6.92 Å². The Morgan fingerprint density at radius 1 is 1.57 bits per heavy atom. The molecule has 1 fully saturated rings. The highest BCUT2D eigenvalue weighted by atomic mass is 15.1. The van der Waals surface area contributed by atoms with Crippen molar-refractivity contribution in [2.75, 3.05) is 18.4 Å². The van der Waals surface area contributed by atoms with Gasteiger partial charge in [-0.05, 0) is 19.4 Å². The predicted octanol–water partition coefficient (Wildman–Crippen LogP) is 0.813. The minimum absolute atomic E-state index is 0.523. The topological polar surface area (TPSA) is 49.8 Å². The number of nitrogens with one attached hydrogen (secondary N) is 2. The van der Waals surface area contributed by atoms with Crippen LogP contribution in [0.4, 0.5) is 5.82 Å². The lowest BCUT2D eigenvalue weighted by atomic mass is 10.2. The van der Waals surface area contributed by atoms with Crippen molar-refractivity contribution in [3.63, 3.8) is 0 Å². The van der Waals surface area contributed by atoms with Crippen molar-refractivity contribution >= 4 is 5.82 Å². The number of nitrogens with zero attached hydrogens (tertiary/aromatic N) is 2. The highest BCUT2D eigenvalue weighted by molar-refractivity contribution is 5.36. The Labute approximate surface area is 84.2 Å². The lowest BCUT2D eigenvalue weighted by Crippen LogP contribution is -2.22. The van der Waals surface area contributed by atoms with E-state index in [9.17, 15) is 0 Å². The molecule has 0 amide bonds. The molecule has 1 aliphatic heterocycles. The molecule has 0 saturated carbocycles. The molecule has 0 aliphatic carbocycles. The van der Waals surface area contributed by atoms with E-state index in [1.54, 1.807) is 6.33 Å². The van der Waals surface area contributed by atoms with E-state index in [-0.39, 0.29) is 0 Å². The number of anilines is 1. The van der Waals surface area contributed by atoms with Gasteiger partial charge in [-0.25, -0.2) is 9.97 Å². The highest BCUT2D eigenvalue weighted by Gasteiger charge is 2.14. The first-order valence-corrected chi connectivity index (χ1v) is 5.16. The Hall–Kier alpha value is -1.16. The van der Waals surface area contributed by atoms with Crippen LogP contribution in [0.25, 0.3) is 0 Å². The van der Waals surface area contributed by atoms with Crippen LogP contribution in [0.2, 0.25) is 0 Å². The van der Waals surface area contributed by atoms with Crippen molar-refractivity contribution in [3.8, 4) is 0 Å². The molecular formula is C10H16N4. The zero-order valence-electron chi connectivity index (χ0n) is 8.45. The van der Waals surface area contributed by atoms with Crippen LogP contribution in [-0.2, 0) is 6.42 Å². The van der Waals surface area contributed by atoms with E-state index in [1.165, 1.54) is 6.42 Å². The largest absolute Gasteiger partial charge is 0.366 e. The van der Waals surface area contributed by atoms with Crippen LogP contribution in [0.1, 0.15) is 19.0 Å². The normalized spacial score (nSPS) is 21.1. The second-order valence-electron chi connectivity index (χ2n) is 3.58. The number of hydrogen-bond donors (Lipinski definition) is 2. The van der Waals surface area contributed by atoms with Crippen molar-refractivity contribution in [2.45, 2.75) is 25.8 Å². The van der Waals surface area contributed by atoms with Gasteiger partial charge in [0.2, 0.25) is 0 Å². The van der Waals surface area contributed by atoms with E-state index in [2.05, 4.69) is 27.5 Å². The average Bonchev–Trinajstić information content (AvgIpc) is 2.71. The first-order valence-electron chi connectivity index (χ1n) is 5.16. The SMILES string of the molecule is CCc1cc(NC2CCNC2)ncn1. The molecule has 1 atom stereocenters. The summed E-state index contributed by atoms with van der Waals surface area (Å²) in [6.45, 7) is 4.23. The summed E-state index contributed by atoms with van der Waals surface area (Å²) in [5.74, 6) is 0.950. The average molecular weight is 192 g/mol. The molecule has 1 aromatic rings. The van der Waals surface area contributed by atoms with Crippen LogP contribution < -0.4 is 10.6 Å². The van der Waals surface area contributed by atoms with E-state index in [4.69, 9.17) is 0 Å². The summed E-state index contributed by atoms with van der Waals surface area (Å²) in [6.07, 6.45) is 3.76. The van der Waals surface area contributed by atoms with E-state index >= 15 is 0 Å². The summed E-state index contributed by atoms with van der Waals surface area (Å²) in [5.41, 5.74) is 1.09. The molecular weight excluding hydrogens is 176 g/mol. The summed E-state index contributed by atoms with van der Waals surface area (Å²) in [6, 6.07) is 2.55. The zero-order valence-corrected chi connectivity index (χ0v) is 8.45. The van der Waals surface area contributed by atoms with Gasteiger partial charge in [0, 0.05) is 24.3 Å². The first kappa shape index (κ1) is 9.40. The molecule has 2 N–H and O–H groups in total. The van der Waals surface area contributed by atoms with Gasteiger partial charge in [-0.15, -0.1) is 0 Å². The van der Waals surface area contributed by atoms with Gasteiger partial charge in [0.1, 0.15) is 12.1 Å². The minimum atomic E-state index is 0.523. The highest BCUT2D eigenvalue weighted by Crippen LogP contribution is 2.09. The molecule has 0 radical (unpaired) electrons. The van der Waals surface area contributed by atoms with Gasteiger partial charge in [0.25, 0.3) is 0 Å². The Morgan fingerprint density at radius 2 is 2.50 bits per heavy atom. The van der Waals surface area contributed by atoms with Gasteiger partial charge in [0.15, 0.2) is 0 Å². The number of rotatable bonds is 3. The first-order chi connectivity index (χ1) is 6.88. The second-order valence-corrected chi connectivity index (χ2v) is 3.58. The minimum Gasteiger partial charge on any atom is -0.366 e. The Morgan fingerprint density at radius 3 is 3.21 bits per heavy atom. The molecule has 0 spiro atoms. The van der Waals surface area contributed by atoms with Crippen molar-refractivity contribution in [1.29, 1.82) is 0 Å². The summed E-state index contributed by atoms with van der Waals surface area (Å²) in [4.78, 5) is 8.37. The van der Waals surface area contributed by atoms with Crippen molar-refractivity contribution < 1.29 is 0 Å². The van der Waals surface area contributed by atoms with Crippen LogP contribution in [0.5, 0.6) is 0 Å². The number of aryl methyl sites for hydroxylation is 1. The van der Waals surface area contributed by atoms with E-state index in [0.29, 0.717) is 6.04 Å². The quantitative estimate of drug-likeness (QED) is 0.744. The van der Waals surface area contributed by atoms with Crippen LogP contribution in [0.15, 0.2) is 12.4 Å². The summed E-state index contributed by atoms with van der Waals surface area (Å²) in [7, 11) is 0. The fourth-order valence-electron chi connectivity index (χ4n) is 1.66. The zero-order chi connectivity index (χ0) is 9.80. The summed E-state index contributed by atoms with van der Waals surface area (Å²) >= 11 is 0. The standard InChI is InChI=1S/C10H16N4/c1-2-8-5-10(13-7-12-8)14-9-3-4-11-6-9/h5,7,9,11H,2-4,6H2,1H3,(H,12,13,14). The van der Waals surface area contributed by atoms with Gasteiger partial charge in [-0.3, -0.25) is 0 Å². The molecule has 2 rings (SSSR count). The smallest absolute Gasteiger partial charge is 0.129 e. The maximum absolute atomic E-state index is 4.20. The van der Waals surface area contributed by atoms with Crippen molar-refractivity contribution in [3.05, 3.63) is 18.1 Å². The maximum Gasteiger partial charge on any atom is 0.129 e. The molecule has 4 heteroatoms. The van der Waals surface area contributed by atoms with Crippen LogP contribution in [0.3, 0.4) is 0 Å². The monoisotopic (exact) mass is 192 g/mol. The third-order valence-corrected chi connectivity index (χ3v) is 2.50. The van der Waals surface area contributed by atoms with E-state index in [0.717, 1.165) is 31.0 Å². The van der Waals surface area contributed by atoms with Gasteiger partial charge in [-0.2, -0.15) is 0 Å². The van der Waals surface area contributed by atoms with Gasteiger partial charge >= 0.3 is 0 Å². The van der Waals surface area contributed by atoms with Crippen molar-refractivity contribution in [1.82, 2.24) is 15.3 Å². The maximum atomic E-state index is 4.20.